The molecule has 1 fully saturated rings. The van der Waals surface area contributed by atoms with Crippen molar-refractivity contribution in [3.05, 3.63) is 29.7 Å². The van der Waals surface area contributed by atoms with Crippen LogP contribution in [0.1, 0.15) is 38.1 Å². The van der Waals surface area contributed by atoms with E-state index in [2.05, 4.69) is 9.98 Å². The molecule has 11 heteroatoms. The number of ether oxygens (including phenoxy) is 1. The fourth-order valence-electron chi connectivity index (χ4n) is 2.87. The van der Waals surface area contributed by atoms with Gasteiger partial charge in [0.25, 0.3) is 5.91 Å². The lowest BCUT2D eigenvalue weighted by Gasteiger charge is -2.18. The second-order valence-electron chi connectivity index (χ2n) is 6.91. The maximum atomic E-state index is 12.7. The van der Waals surface area contributed by atoms with E-state index in [1.807, 2.05) is 18.2 Å². The summed E-state index contributed by atoms with van der Waals surface area (Å²) in [7, 11) is 0. The number of aliphatic imine (C=N–C) groups is 1. The molecule has 6 nitrogen and oxygen atoms in total. The fraction of sp³-hybridized carbons (Fsp3) is 0.526. The second kappa shape index (κ2) is 9.25. The number of oxazole rings is 1. The molecule has 1 aliphatic rings. The highest BCUT2D eigenvalue weighted by Crippen LogP contribution is 2.34. The lowest BCUT2D eigenvalue weighted by molar-refractivity contribution is -0.130. The van der Waals surface area contributed by atoms with Crippen LogP contribution < -0.4 is 0 Å². The molecule has 2 heterocycles. The third-order valence-corrected chi connectivity index (χ3v) is 6.55. The Hall–Kier alpha value is -1.62. The fourth-order valence-corrected chi connectivity index (χ4v) is 4.32. The van der Waals surface area contributed by atoms with Crippen molar-refractivity contribution in [1.29, 1.82) is 0 Å². The van der Waals surface area contributed by atoms with Crippen LogP contribution in [0.2, 0.25) is 0 Å². The lowest BCUT2D eigenvalue weighted by atomic mass is 10.0. The van der Waals surface area contributed by atoms with Crippen LogP contribution in [0, 0.1) is 0 Å². The number of carbonyl (C=O) groups is 1. The van der Waals surface area contributed by atoms with Gasteiger partial charge in [-0.3, -0.25) is 4.79 Å². The molecule has 1 saturated heterocycles. The number of nitrogens with zero attached hydrogens (tertiary/aromatic N) is 3. The Balaban J connectivity index is 1.75. The minimum atomic E-state index is -4.41. The molecule has 1 aliphatic heterocycles. The molecule has 2 aromatic rings. The molecule has 0 aliphatic carbocycles. The van der Waals surface area contributed by atoms with Crippen molar-refractivity contribution in [3.63, 3.8) is 0 Å². The lowest BCUT2D eigenvalue weighted by Crippen LogP contribution is -2.29. The van der Waals surface area contributed by atoms with Crippen LogP contribution in [-0.4, -0.2) is 51.2 Å². The van der Waals surface area contributed by atoms with Crippen LogP contribution in [0.3, 0.4) is 0 Å². The molecular formula is C19H21ClF3N3O3S. The summed E-state index contributed by atoms with van der Waals surface area (Å²) in [6.07, 6.45) is -5.66. The van der Waals surface area contributed by atoms with Crippen molar-refractivity contribution in [2.75, 3.05) is 13.3 Å². The van der Waals surface area contributed by atoms with E-state index in [4.69, 9.17) is 20.8 Å². The minimum Gasteiger partial charge on any atom is -0.440 e. The summed E-state index contributed by atoms with van der Waals surface area (Å²) in [5.41, 5.74) is 1.08. The number of amides is 1. The molecule has 0 radical (unpaired) electrons. The maximum Gasteiger partial charge on any atom is 0.397 e. The number of hydrogen-bond acceptors (Lipinski definition) is 6. The first-order valence-corrected chi connectivity index (χ1v) is 10.5. The smallest absolute Gasteiger partial charge is 0.397 e. The van der Waals surface area contributed by atoms with E-state index < -0.39 is 35.7 Å². The van der Waals surface area contributed by atoms with Crippen molar-refractivity contribution in [2.45, 2.75) is 50.7 Å². The normalized spacial score (nSPS) is 22.8. The number of aromatic nitrogens is 1. The summed E-state index contributed by atoms with van der Waals surface area (Å²) < 4.78 is 50.1. The van der Waals surface area contributed by atoms with Crippen LogP contribution in [0.4, 0.5) is 13.2 Å². The third kappa shape index (κ3) is 5.35. The van der Waals surface area contributed by atoms with Gasteiger partial charge in [-0.15, -0.1) is 11.6 Å². The SMILES string of the molecule is CCOCN1SC(=NC(=O)C(C)c2ccc3oc(CC(F)(F)F)nc3c2)C(Cl)C1C. The van der Waals surface area contributed by atoms with Crippen molar-refractivity contribution >= 4 is 45.6 Å². The number of hydrogen-bond donors (Lipinski definition) is 0. The summed E-state index contributed by atoms with van der Waals surface area (Å²) in [6, 6.07) is 4.63. The van der Waals surface area contributed by atoms with Crippen molar-refractivity contribution in [2.24, 2.45) is 4.99 Å². The molecule has 1 amide bonds. The molecule has 0 saturated carbocycles. The zero-order valence-corrected chi connectivity index (χ0v) is 18.1. The van der Waals surface area contributed by atoms with Gasteiger partial charge in [0.15, 0.2) is 5.58 Å². The zero-order valence-electron chi connectivity index (χ0n) is 16.6. The van der Waals surface area contributed by atoms with Crippen LogP contribution in [0.5, 0.6) is 0 Å². The monoisotopic (exact) mass is 463 g/mol. The highest BCUT2D eigenvalue weighted by atomic mass is 35.5. The Bertz CT molecular complexity index is 950. The average molecular weight is 464 g/mol. The first kappa shape index (κ1) is 23.1. The molecule has 164 valence electrons. The standard InChI is InChI=1S/C19H21ClF3N3O3S/c1-4-28-9-26-11(3)16(20)18(30-26)25-17(27)10(2)12-5-6-14-13(7-12)24-15(29-14)8-19(21,22)23/h5-7,10-11,16H,4,8-9H2,1-3H3. The van der Waals surface area contributed by atoms with E-state index in [0.717, 1.165) is 0 Å². The third-order valence-electron chi connectivity index (χ3n) is 4.65. The predicted octanol–water partition coefficient (Wildman–Crippen LogP) is 4.91. The molecule has 1 aromatic carbocycles. The van der Waals surface area contributed by atoms with Crippen molar-refractivity contribution < 1.29 is 27.1 Å². The molecule has 1 aromatic heterocycles. The number of alkyl halides is 4. The van der Waals surface area contributed by atoms with Gasteiger partial charge in [-0.05, 0) is 50.4 Å². The van der Waals surface area contributed by atoms with E-state index >= 15 is 0 Å². The first-order chi connectivity index (χ1) is 14.1. The maximum absolute atomic E-state index is 12.7. The van der Waals surface area contributed by atoms with E-state index in [1.165, 1.54) is 18.0 Å². The van der Waals surface area contributed by atoms with E-state index in [0.29, 0.717) is 23.9 Å². The minimum absolute atomic E-state index is 0.0522. The Morgan fingerprint density at radius 1 is 1.47 bits per heavy atom. The number of fused-ring (bicyclic) bond motifs is 1. The molecule has 30 heavy (non-hydrogen) atoms. The molecular weight excluding hydrogens is 443 g/mol. The molecule has 3 unspecified atom stereocenters. The van der Waals surface area contributed by atoms with Gasteiger partial charge < -0.3 is 9.15 Å². The van der Waals surface area contributed by atoms with Gasteiger partial charge in [-0.2, -0.15) is 13.2 Å². The molecule has 3 atom stereocenters. The molecule has 0 bridgehead atoms. The van der Waals surface area contributed by atoms with Gasteiger partial charge in [0.05, 0.1) is 11.3 Å². The summed E-state index contributed by atoms with van der Waals surface area (Å²) >= 11 is 7.71. The predicted molar refractivity (Wildman–Crippen MR) is 110 cm³/mol. The molecule has 0 N–H and O–H groups in total. The van der Waals surface area contributed by atoms with Crippen LogP contribution in [-0.2, 0) is 16.0 Å². The van der Waals surface area contributed by atoms with Crippen molar-refractivity contribution in [3.8, 4) is 0 Å². The Morgan fingerprint density at radius 3 is 2.87 bits per heavy atom. The Kier molecular flexibility index (Phi) is 7.11. The summed E-state index contributed by atoms with van der Waals surface area (Å²) in [5.74, 6) is -1.43. The van der Waals surface area contributed by atoms with Gasteiger partial charge in [-0.25, -0.2) is 14.3 Å². The van der Waals surface area contributed by atoms with E-state index in [9.17, 15) is 18.0 Å². The van der Waals surface area contributed by atoms with Gasteiger partial charge in [0.2, 0.25) is 5.89 Å². The summed E-state index contributed by atoms with van der Waals surface area (Å²) in [5, 5.41) is 0.0604. The van der Waals surface area contributed by atoms with E-state index in [-0.39, 0.29) is 17.1 Å². The largest absolute Gasteiger partial charge is 0.440 e. The highest BCUT2D eigenvalue weighted by Gasteiger charge is 2.37. The Morgan fingerprint density at radius 2 is 2.20 bits per heavy atom. The van der Waals surface area contributed by atoms with E-state index in [1.54, 1.807) is 19.1 Å². The highest BCUT2D eigenvalue weighted by molar-refractivity contribution is 8.12. The number of halogens is 4. The molecule has 0 spiro atoms. The van der Waals surface area contributed by atoms with Crippen LogP contribution in [0.15, 0.2) is 27.6 Å². The van der Waals surface area contributed by atoms with Crippen molar-refractivity contribution in [1.82, 2.24) is 9.29 Å². The van der Waals surface area contributed by atoms with Gasteiger partial charge >= 0.3 is 6.18 Å². The van der Waals surface area contributed by atoms with Crippen LogP contribution in [0.25, 0.3) is 11.1 Å². The second-order valence-corrected chi connectivity index (χ2v) is 8.45. The number of rotatable bonds is 6. The van der Waals surface area contributed by atoms with Crippen LogP contribution >= 0.6 is 23.5 Å². The first-order valence-electron chi connectivity index (χ1n) is 9.34. The quantitative estimate of drug-likeness (QED) is 0.447. The van der Waals surface area contributed by atoms with Gasteiger partial charge in [0.1, 0.15) is 23.7 Å². The van der Waals surface area contributed by atoms with Gasteiger partial charge in [0, 0.05) is 12.6 Å². The zero-order chi connectivity index (χ0) is 22.1. The molecule has 3 rings (SSSR count). The number of carbonyl (C=O) groups excluding carboxylic acids is 1. The summed E-state index contributed by atoms with van der Waals surface area (Å²) in [6.45, 7) is 6.43. The topological polar surface area (TPSA) is 67.9 Å². The Labute approximate surface area is 180 Å². The summed E-state index contributed by atoms with van der Waals surface area (Å²) in [4.78, 5) is 20.8. The average Bonchev–Trinajstić information content (AvgIpc) is 3.18. The number of benzene rings is 1. The van der Waals surface area contributed by atoms with Gasteiger partial charge in [-0.1, -0.05) is 6.07 Å².